The summed E-state index contributed by atoms with van der Waals surface area (Å²) in [6.45, 7) is 4.35. The SMILES string of the molecule is CCNC(=NCC1(c2ccccc2)CCC1)NCC1CCN(CC(F)(F)F)C1.I. The minimum Gasteiger partial charge on any atom is -0.357 e. The van der Waals surface area contributed by atoms with Gasteiger partial charge in [-0.3, -0.25) is 9.89 Å². The lowest BCUT2D eigenvalue weighted by Crippen LogP contribution is -2.43. The van der Waals surface area contributed by atoms with Crippen LogP contribution in [0.3, 0.4) is 0 Å². The predicted molar refractivity (Wildman–Crippen MR) is 122 cm³/mol. The molecule has 3 rings (SSSR count). The molecule has 2 N–H and O–H groups in total. The molecule has 2 aliphatic rings. The van der Waals surface area contributed by atoms with E-state index in [0.29, 0.717) is 19.6 Å². The molecular weight excluding hydrogens is 492 g/mol. The molecular formula is C21H32F3IN4. The number of benzene rings is 1. The van der Waals surface area contributed by atoms with E-state index in [9.17, 15) is 13.2 Å². The fraction of sp³-hybridized carbons (Fsp3) is 0.667. The summed E-state index contributed by atoms with van der Waals surface area (Å²) >= 11 is 0. The summed E-state index contributed by atoms with van der Waals surface area (Å²) in [7, 11) is 0. The minimum atomic E-state index is -4.12. The first-order valence-electron chi connectivity index (χ1n) is 10.3. The van der Waals surface area contributed by atoms with Gasteiger partial charge in [-0.1, -0.05) is 36.8 Å². The molecule has 1 unspecified atom stereocenters. The molecule has 2 fully saturated rings. The Kier molecular flexibility index (Phi) is 9.06. The van der Waals surface area contributed by atoms with Crippen molar-refractivity contribution in [2.75, 3.05) is 39.3 Å². The Hall–Kier alpha value is -1.03. The second-order valence-electron chi connectivity index (χ2n) is 8.08. The first-order chi connectivity index (χ1) is 13.4. The third-order valence-electron chi connectivity index (χ3n) is 5.91. The van der Waals surface area contributed by atoms with E-state index in [4.69, 9.17) is 4.99 Å². The summed E-state index contributed by atoms with van der Waals surface area (Å²) in [5.41, 5.74) is 1.47. The zero-order valence-corrected chi connectivity index (χ0v) is 19.3. The number of guanidine groups is 1. The Morgan fingerprint density at radius 3 is 2.52 bits per heavy atom. The van der Waals surface area contributed by atoms with E-state index in [-0.39, 0.29) is 35.3 Å². The maximum atomic E-state index is 12.6. The van der Waals surface area contributed by atoms with Crippen LogP contribution in [0.25, 0.3) is 0 Å². The first kappa shape index (κ1) is 24.2. The fourth-order valence-electron chi connectivity index (χ4n) is 4.22. The van der Waals surface area contributed by atoms with Crippen LogP contribution in [-0.2, 0) is 5.41 Å². The van der Waals surface area contributed by atoms with Gasteiger partial charge in [-0.25, -0.2) is 0 Å². The Morgan fingerprint density at radius 1 is 1.21 bits per heavy atom. The van der Waals surface area contributed by atoms with E-state index in [2.05, 4.69) is 34.9 Å². The Bertz CT molecular complexity index is 647. The summed E-state index contributed by atoms with van der Waals surface area (Å²) < 4.78 is 37.7. The van der Waals surface area contributed by atoms with Gasteiger partial charge in [0.1, 0.15) is 0 Å². The molecule has 1 saturated carbocycles. The van der Waals surface area contributed by atoms with Gasteiger partial charge in [-0.15, -0.1) is 24.0 Å². The molecule has 0 aromatic heterocycles. The largest absolute Gasteiger partial charge is 0.401 e. The highest BCUT2D eigenvalue weighted by Gasteiger charge is 2.38. The van der Waals surface area contributed by atoms with Crippen molar-refractivity contribution in [1.82, 2.24) is 15.5 Å². The molecule has 1 aliphatic heterocycles. The maximum Gasteiger partial charge on any atom is 0.401 e. The van der Waals surface area contributed by atoms with Gasteiger partial charge < -0.3 is 10.6 Å². The van der Waals surface area contributed by atoms with E-state index in [1.807, 2.05) is 13.0 Å². The summed E-state index contributed by atoms with van der Waals surface area (Å²) in [5.74, 6) is 0.983. The molecule has 1 aromatic rings. The average Bonchev–Trinajstić information content (AvgIpc) is 3.05. The van der Waals surface area contributed by atoms with Gasteiger partial charge in [0.05, 0.1) is 13.1 Å². The highest BCUT2D eigenvalue weighted by molar-refractivity contribution is 14.0. The molecule has 8 heteroatoms. The molecule has 0 amide bonds. The lowest BCUT2D eigenvalue weighted by Gasteiger charge is -2.41. The Morgan fingerprint density at radius 2 is 1.93 bits per heavy atom. The molecule has 1 aromatic carbocycles. The molecule has 0 radical (unpaired) electrons. The minimum absolute atomic E-state index is 0. The number of alkyl halides is 3. The van der Waals surface area contributed by atoms with Crippen molar-refractivity contribution in [1.29, 1.82) is 0 Å². The van der Waals surface area contributed by atoms with E-state index < -0.39 is 12.7 Å². The Balaban J connectivity index is 0.00000300. The fourth-order valence-corrected chi connectivity index (χ4v) is 4.22. The molecule has 1 atom stereocenters. The third-order valence-corrected chi connectivity index (χ3v) is 5.91. The van der Waals surface area contributed by atoms with Crippen LogP contribution in [0.2, 0.25) is 0 Å². The summed E-state index contributed by atoms with van der Waals surface area (Å²) in [4.78, 5) is 6.32. The normalized spacial score (nSPS) is 21.9. The van der Waals surface area contributed by atoms with Gasteiger partial charge in [-0.05, 0) is 44.2 Å². The molecule has 164 valence electrons. The van der Waals surface area contributed by atoms with Crippen LogP contribution in [0, 0.1) is 5.92 Å². The number of likely N-dealkylation sites (tertiary alicyclic amines) is 1. The van der Waals surface area contributed by atoms with E-state index in [1.54, 1.807) is 0 Å². The van der Waals surface area contributed by atoms with E-state index in [1.165, 1.54) is 16.9 Å². The number of hydrogen-bond donors (Lipinski definition) is 2. The number of nitrogens with one attached hydrogen (secondary N) is 2. The van der Waals surface area contributed by atoms with Crippen LogP contribution >= 0.6 is 24.0 Å². The van der Waals surface area contributed by atoms with Gasteiger partial charge in [-0.2, -0.15) is 13.2 Å². The zero-order chi connectivity index (χ0) is 20.0. The van der Waals surface area contributed by atoms with Gasteiger partial charge >= 0.3 is 6.18 Å². The molecule has 1 heterocycles. The van der Waals surface area contributed by atoms with Crippen LogP contribution in [0.5, 0.6) is 0 Å². The van der Waals surface area contributed by atoms with E-state index >= 15 is 0 Å². The summed E-state index contributed by atoms with van der Waals surface area (Å²) in [6.07, 6.45) is 0.194. The van der Waals surface area contributed by atoms with Gasteiger partial charge in [0, 0.05) is 25.0 Å². The van der Waals surface area contributed by atoms with Crippen molar-refractivity contribution in [3.05, 3.63) is 35.9 Å². The van der Waals surface area contributed by atoms with Crippen LogP contribution in [-0.4, -0.2) is 56.3 Å². The topological polar surface area (TPSA) is 39.7 Å². The van der Waals surface area contributed by atoms with Gasteiger partial charge in [0.25, 0.3) is 0 Å². The highest BCUT2D eigenvalue weighted by Crippen LogP contribution is 2.43. The van der Waals surface area contributed by atoms with E-state index in [0.717, 1.165) is 38.3 Å². The molecule has 0 spiro atoms. The number of hydrogen-bond acceptors (Lipinski definition) is 2. The smallest absolute Gasteiger partial charge is 0.357 e. The van der Waals surface area contributed by atoms with Crippen LogP contribution in [0.4, 0.5) is 13.2 Å². The van der Waals surface area contributed by atoms with Crippen molar-refractivity contribution in [3.8, 4) is 0 Å². The molecule has 4 nitrogen and oxygen atoms in total. The predicted octanol–water partition coefficient (Wildman–Crippen LogP) is 4.17. The molecule has 1 saturated heterocycles. The monoisotopic (exact) mass is 524 g/mol. The zero-order valence-electron chi connectivity index (χ0n) is 17.0. The lowest BCUT2D eigenvalue weighted by atomic mass is 9.64. The van der Waals surface area contributed by atoms with Crippen molar-refractivity contribution in [2.45, 2.75) is 44.2 Å². The van der Waals surface area contributed by atoms with Crippen molar-refractivity contribution in [3.63, 3.8) is 0 Å². The lowest BCUT2D eigenvalue weighted by molar-refractivity contribution is -0.143. The number of halogens is 4. The number of aliphatic imine (C=N–C) groups is 1. The van der Waals surface area contributed by atoms with Crippen molar-refractivity contribution in [2.24, 2.45) is 10.9 Å². The summed E-state index contributed by atoms with van der Waals surface area (Å²) in [5, 5.41) is 6.62. The Labute approximate surface area is 188 Å². The van der Waals surface area contributed by atoms with Crippen LogP contribution in [0.15, 0.2) is 35.3 Å². The number of nitrogens with zero attached hydrogens (tertiary/aromatic N) is 2. The van der Waals surface area contributed by atoms with Gasteiger partial charge in [0.15, 0.2) is 5.96 Å². The quantitative estimate of drug-likeness (QED) is 0.320. The highest BCUT2D eigenvalue weighted by atomic mass is 127. The third kappa shape index (κ3) is 7.01. The second kappa shape index (κ2) is 10.8. The molecule has 0 bridgehead atoms. The second-order valence-corrected chi connectivity index (χ2v) is 8.08. The maximum absolute atomic E-state index is 12.6. The standard InChI is InChI=1S/C21H31F3N4.HI/c1-2-25-19(26-13-17-9-12-28(14-17)16-21(22,23)24)27-15-20(10-6-11-20)18-7-4-3-5-8-18;/h3-5,7-8,17H,2,6,9-16H2,1H3,(H2,25,26,27);1H. The summed E-state index contributed by atoms with van der Waals surface area (Å²) in [6, 6.07) is 10.6. The van der Waals surface area contributed by atoms with Crippen LogP contribution in [0.1, 0.15) is 38.2 Å². The molecule has 29 heavy (non-hydrogen) atoms. The average molecular weight is 524 g/mol. The van der Waals surface area contributed by atoms with Crippen molar-refractivity contribution < 1.29 is 13.2 Å². The van der Waals surface area contributed by atoms with Crippen LogP contribution < -0.4 is 10.6 Å². The van der Waals surface area contributed by atoms with Gasteiger partial charge in [0.2, 0.25) is 0 Å². The number of rotatable bonds is 7. The molecule has 1 aliphatic carbocycles. The first-order valence-corrected chi connectivity index (χ1v) is 10.3. The van der Waals surface area contributed by atoms with Crippen molar-refractivity contribution >= 4 is 29.9 Å².